The summed E-state index contributed by atoms with van der Waals surface area (Å²) < 4.78 is 14.4. The van der Waals surface area contributed by atoms with E-state index in [2.05, 4.69) is 17.1 Å². The van der Waals surface area contributed by atoms with Crippen molar-refractivity contribution in [3.8, 4) is 0 Å². The number of likely N-dealkylation sites (N-methyl/N-ethyl adjacent to an activating group) is 1. The summed E-state index contributed by atoms with van der Waals surface area (Å²) in [7, 11) is 0. The van der Waals surface area contributed by atoms with Gasteiger partial charge in [-0.2, -0.15) is 0 Å². The standard InChI is InChI=1S/C17H27FN4O.2ClH/c1-3-21-6-8-22(9-7-21)16-5-4-14(10-15(16)18)17(23)20-12-13(2)11-19;;/h4-5,10,13H,3,6-9,11-12,19H2,1-2H3,(H,20,23);2*1H. The van der Waals surface area contributed by atoms with Gasteiger partial charge < -0.3 is 20.9 Å². The predicted molar refractivity (Wildman–Crippen MR) is 106 cm³/mol. The molecule has 1 unspecified atom stereocenters. The third kappa shape index (κ3) is 6.62. The van der Waals surface area contributed by atoms with Crippen molar-refractivity contribution < 1.29 is 9.18 Å². The molecule has 1 aromatic rings. The summed E-state index contributed by atoms with van der Waals surface area (Å²) in [5, 5.41) is 2.78. The Morgan fingerprint density at radius 1 is 1.28 bits per heavy atom. The van der Waals surface area contributed by atoms with Crippen LogP contribution in [0.2, 0.25) is 0 Å². The lowest BCUT2D eigenvalue weighted by atomic mass is 10.1. The molecule has 1 aliphatic rings. The molecule has 0 bridgehead atoms. The van der Waals surface area contributed by atoms with Crippen LogP contribution >= 0.6 is 24.8 Å². The van der Waals surface area contributed by atoms with Gasteiger partial charge in [0.2, 0.25) is 0 Å². The normalized spacial score (nSPS) is 15.8. The zero-order valence-corrected chi connectivity index (χ0v) is 16.5. The van der Waals surface area contributed by atoms with Crippen LogP contribution in [0.3, 0.4) is 0 Å². The van der Waals surface area contributed by atoms with Crippen molar-refractivity contribution in [2.24, 2.45) is 11.7 Å². The number of carbonyl (C=O) groups is 1. The molecule has 2 rings (SSSR count). The number of hydrogen-bond acceptors (Lipinski definition) is 4. The van der Waals surface area contributed by atoms with Crippen LogP contribution in [0.1, 0.15) is 24.2 Å². The van der Waals surface area contributed by atoms with Gasteiger partial charge in [0.1, 0.15) is 5.82 Å². The molecule has 144 valence electrons. The molecule has 1 aromatic carbocycles. The van der Waals surface area contributed by atoms with E-state index < -0.39 is 0 Å². The van der Waals surface area contributed by atoms with Crippen molar-refractivity contribution >= 4 is 36.4 Å². The van der Waals surface area contributed by atoms with Gasteiger partial charge in [-0.3, -0.25) is 4.79 Å². The SMILES string of the molecule is CCN1CCN(c2ccc(C(=O)NCC(C)CN)cc2F)CC1.Cl.Cl. The van der Waals surface area contributed by atoms with Gasteiger partial charge in [-0.15, -0.1) is 24.8 Å². The Labute approximate surface area is 161 Å². The van der Waals surface area contributed by atoms with Crippen LogP contribution in [0.4, 0.5) is 10.1 Å². The lowest BCUT2D eigenvalue weighted by Gasteiger charge is -2.35. The third-order valence-corrected chi connectivity index (χ3v) is 4.38. The first-order valence-electron chi connectivity index (χ1n) is 8.30. The molecular formula is C17H29Cl2FN4O. The Morgan fingerprint density at radius 2 is 1.92 bits per heavy atom. The van der Waals surface area contributed by atoms with E-state index >= 15 is 0 Å². The van der Waals surface area contributed by atoms with Crippen LogP contribution in [0, 0.1) is 11.7 Å². The van der Waals surface area contributed by atoms with E-state index in [1.807, 2.05) is 11.8 Å². The maximum Gasteiger partial charge on any atom is 0.251 e. The topological polar surface area (TPSA) is 61.6 Å². The van der Waals surface area contributed by atoms with Gasteiger partial charge in [0, 0.05) is 38.3 Å². The number of piperazine rings is 1. The number of benzene rings is 1. The van der Waals surface area contributed by atoms with E-state index in [0.717, 1.165) is 32.7 Å². The highest BCUT2D eigenvalue weighted by Crippen LogP contribution is 2.22. The van der Waals surface area contributed by atoms with Crippen molar-refractivity contribution in [2.45, 2.75) is 13.8 Å². The van der Waals surface area contributed by atoms with E-state index in [-0.39, 0.29) is 42.5 Å². The first-order chi connectivity index (χ1) is 11.0. The summed E-state index contributed by atoms with van der Waals surface area (Å²) in [6.45, 7) is 9.62. The fourth-order valence-electron chi connectivity index (χ4n) is 2.66. The molecule has 0 aliphatic carbocycles. The Balaban J connectivity index is 0.00000288. The molecule has 1 fully saturated rings. The molecule has 1 heterocycles. The minimum absolute atomic E-state index is 0. The summed E-state index contributed by atoms with van der Waals surface area (Å²) >= 11 is 0. The Kier molecular flexibility index (Phi) is 11.0. The summed E-state index contributed by atoms with van der Waals surface area (Å²) in [6.07, 6.45) is 0. The number of nitrogens with two attached hydrogens (primary N) is 1. The van der Waals surface area contributed by atoms with Crippen LogP contribution in [-0.2, 0) is 0 Å². The molecule has 0 saturated carbocycles. The van der Waals surface area contributed by atoms with Crippen molar-refractivity contribution in [3.63, 3.8) is 0 Å². The monoisotopic (exact) mass is 394 g/mol. The van der Waals surface area contributed by atoms with E-state index in [0.29, 0.717) is 24.3 Å². The van der Waals surface area contributed by atoms with Gasteiger partial charge in [-0.1, -0.05) is 13.8 Å². The summed E-state index contributed by atoms with van der Waals surface area (Å²) in [4.78, 5) is 16.4. The second-order valence-corrected chi connectivity index (χ2v) is 6.14. The highest BCUT2D eigenvalue weighted by molar-refractivity contribution is 5.94. The molecular weight excluding hydrogens is 366 g/mol. The van der Waals surface area contributed by atoms with E-state index in [4.69, 9.17) is 5.73 Å². The summed E-state index contributed by atoms with van der Waals surface area (Å²) in [5.41, 5.74) is 6.45. The number of amides is 1. The fraction of sp³-hybridized carbons (Fsp3) is 0.588. The van der Waals surface area contributed by atoms with Gasteiger partial charge in [0.15, 0.2) is 0 Å². The van der Waals surface area contributed by atoms with Crippen LogP contribution in [0.25, 0.3) is 0 Å². The molecule has 0 radical (unpaired) electrons. The molecule has 0 aromatic heterocycles. The zero-order chi connectivity index (χ0) is 16.8. The van der Waals surface area contributed by atoms with Gasteiger partial charge >= 0.3 is 0 Å². The van der Waals surface area contributed by atoms with E-state index in [1.165, 1.54) is 6.07 Å². The third-order valence-electron chi connectivity index (χ3n) is 4.38. The molecule has 1 saturated heterocycles. The molecule has 8 heteroatoms. The minimum Gasteiger partial charge on any atom is -0.367 e. The number of hydrogen-bond donors (Lipinski definition) is 2. The fourth-order valence-corrected chi connectivity index (χ4v) is 2.66. The van der Waals surface area contributed by atoms with Gasteiger partial charge in [-0.25, -0.2) is 4.39 Å². The molecule has 3 N–H and O–H groups in total. The average Bonchev–Trinajstić information content (AvgIpc) is 2.59. The summed E-state index contributed by atoms with van der Waals surface area (Å²) in [5.74, 6) is -0.390. The van der Waals surface area contributed by atoms with Gasteiger partial charge in [-0.05, 0) is 37.2 Å². The molecule has 5 nitrogen and oxygen atoms in total. The zero-order valence-electron chi connectivity index (χ0n) is 14.8. The van der Waals surface area contributed by atoms with Crippen LogP contribution in [0.15, 0.2) is 18.2 Å². The summed E-state index contributed by atoms with van der Waals surface area (Å²) in [6, 6.07) is 4.72. The lowest BCUT2D eigenvalue weighted by Crippen LogP contribution is -2.46. The quantitative estimate of drug-likeness (QED) is 0.775. The molecule has 1 atom stereocenters. The molecule has 25 heavy (non-hydrogen) atoms. The first-order valence-corrected chi connectivity index (χ1v) is 8.30. The van der Waals surface area contributed by atoms with E-state index in [1.54, 1.807) is 12.1 Å². The number of nitrogens with one attached hydrogen (secondary N) is 1. The lowest BCUT2D eigenvalue weighted by molar-refractivity contribution is 0.0948. The highest BCUT2D eigenvalue weighted by atomic mass is 35.5. The van der Waals surface area contributed by atoms with Gasteiger partial charge in [0.05, 0.1) is 5.69 Å². The second kappa shape index (κ2) is 11.5. The minimum atomic E-state index is -0.338. The van der Waals surface area contributed by atoms with Crippen LogP contribution in [0.5, 0.6) is 0 Å². The molecule has 1 amide bonds. The number of anilines is 1. The van der Waals surface area contributed by atoms with Crippen molar-refractivity contribution in [3.05, 3.63) is 29.6 Å². The smallest absolute Gasteiger partial charge is 0.251 e. The van der Waals surface area contributed by atoms with Crippen molar-refractivity contribution in [2.75, 3.05) is 50.7 Å². The first kappa shape index (κ1) is 23.9. The molecule has 0 spiro atoms. The van der Waals surface area contributed by atoms with Gasteiger partial charge in [0.25, 0.3) is 5.91 Å². The van der Waals surface area contributed by atoms with Crippen LogP contribution in [-0.4, -0.2) is 56.6 Å². The van der Waals surface area contributed by atoms with E-state index in [9.17, 15) is 9.18 Å². The Bertz CT molecular complexity index is 539. The highest BCUT2D eigenvalue weighted by Gasteiger charge is 2.19. The number of nitrogens with zero attached hydrogens (tertiary/aromatic N) is 2. The maximum atomic E-state index is 14.4. The maximum absolute atomic E-state index is 14.4. The Hall–Kier alpha value is -1.08. The van der Waals surface area contributed by atoms with Crippen molar-refractivity contribution in [1.29, 1.82) is 0 Å². The second-order valence-electron chi connectivity index (χ2n) is 6.14. The molecule has 1 aliphatic heterocycles. The van der Waals surface area contributed by atoms with Crippen molar-refractivity contribution in [1.82, 2.24) is 10.2 Å². The van der Waals surface area contributed by atoms with Crippen LogP contribution < -0.4 is 16.0 Å². The largest absolute Gasteiger partial charge is 0.367 e. The number of carbonyl (C=O) groups excluding carboxylic acids is 1. The predicted octanol–water partition coefficient (Wildman–Crippen LogP) is 2.14. The Morgan fingerprint density at radius 3 is 2.44 bits per heavy atom. The number of rotatable bonds is 6. The number of halogens is 3. The average molecular weight is 395 g/mol.